The summed E-state index contributed by atoms with van der Waals surface area (Å²) in [6.45, 7) is 3.93. The van der Waals surface area contributed by atoms with Gasteiger partial charge in [0.1, 0.15) is 11.9 Å². The molecule has 0 aromatic carbocycles. The molecule has 0 radical (unpaired) electrons. The lowest BCUT2D eigenvalue weighted by atomic mass is 10.1. The molecular formula is C12H18N2O2. The molecule has 1 fully saturated rings. The van der Waals surface area contributed by atoms with Crippen molar-refractivity contribution >= 4 is 0 Å². The molecule has 4 nitrogen and oxygen atoms in total. The van der Waals surface area contributed by atoms with Gasteiger partial charge >= 0.3 is 0 Å². The van der Waals surface area contributed by atoms with Crippen molar-refractivity contribution in [2.45, 2.75) is 32.4 Å². The van der Waals surface area contributed by atoms with Gasteiger partial charge in [-0.3, -0.25) is 4.98 Å². The van der Waals surface area contributed by atoms with E-state index < -0.39 is 0 Å². The van der Waals surface area contributed by atoms with E-state index in [0.717, 1.165) is 43.2 Å². The number of pyridine rings is 1. The fourth-order valence-electron chi connectivity index (χ4n) is 1.82. The Morgan fingerprint density at radius 2 is 2.19 bits per heavy atom. The van der Waals surface area contributed by atoms with E-state index in [9.17, 15) is 0 Å². The van der Waals surface area contributed by atoms with Crippen molar-refractivity contribution in [3.8, 4) is 5.75 Å². The predicted molar refractivity (Wildman–Crippen MR) is 61.3 cm³/mol. The second-order valence-corrected chi connectivity index (χ2v) is 4.03. The van der Waals surface area contributed by atoms with Crippen molar-refractivity contribution in [3.05, 3.63) is 23.5 Å². The Morgan fingerprint density at radius 3 is 2.88 bits per heavy atom. The quantitative estimate of drug-likeness (QED) is 0.840. The Balaban J connectivity index is 2.07. The lowest BCUT2D eigenvalue weighted by Crippen LogP contribution is -2.26. The van der Waals surface area contributed by atoms with Crippen LogP contribution in [-0.2, 0) is 11.3 Å². The molecule has 1 aromatic rings. The lowest BCUT2D eigenvalue weighted by molar-refractivity contribution is 0.0250. The summed E-state index contributed by atoms with van der Waals surface area (Å²) in [6.07, 6.45) is 2.12. The van der Waals surface area contributed by atoms with E-state index in [0.29, 0.717) is 6.54 Å². The first-order valence-corrected chi connectivity index (χ1v) is 5.70. The Bertz CT molecular complexity index is 349. The van der Waals surface area contributed by atoms with Crippen LogP contribution in [0.1, 0.15) is 24.2 Å². The summed E-state index contributed by atoms with van der Waals surface area (Å²) in [7, 11) is 0. The maximum Gasteiger partial charge on any atom is 0.142 e. The van der Waals surface area contributed by atoms with Crippen LogP contribution in [0.2, 0.25) is 0 Å². The fraction of sp³-hybridized carbons (Fsp3) is 0.583. The molecule has 1 aromatic heterocycles. The first-order chi connectivity index (χ1) is 7.79. The van der Waals surface area contributed by atoms with Gasteiger partial charge in [0.25, 0.3) is 0 Å². The van der Waals surface area contributed by atoms with Gasteiger partial charge in [0.05, 0.1) is 18.9 Å². The number of nitrogens with zero attached hydrogens (tertiary/aromatic N) is 1. The number of ether oxygens (including phenoxy) is 2. The average molecular weight is 222 g/mol. The minimum absolute atomic E-state index is 0.239. The normalized spacial score (nSPS) is 17.4. The van der Waals surface area contributed by atoms with Crippen LogP contribution < -0.4 is 10.5 Å². The summed E-state index contributed by atoms with van der Waals surface area (Å²) in [6, 6.07) is 3.91. The Morgan fingerprint density at radius 1 is 1.44 bits per heavy atom. The summed E-state index contributed by atoms with van der Waals surface area (Å²) >= 11 is 0. The van der Waals surface area contributed by atoms with E-state index in [-0.39, 0.29) is 6.10 Å². The molecule has 1 aliphatic heterocycles. The number of aryl methyl sites for hydroxylation is 1. The third-order valence-corrected chi connectivity index (χ3v) is 2.73. The highest BCUT2D eigenvalue weighted by atomic mass is 16.5. The molecule has 0 bridgehead atoms. The molecule has 1 saturated heterocycles. The molecule has 0 spiro atoms. The third kappa shape index (κ3) is 2.71. The first kappa shape index (κ1) is 11.4. The van der Waals surface area contributed by atoms with Crippen LogP contribution in [0, 0.1) is 6.92 Å². The van der Waals surface area contributed by atoms with Crippen molar-refractivity contribution in [1.82, 2.24) is 4.98 Å². The van der Waals surface area contributed by atoms with Gasteiger partial charge in [-0.25, -0.2) is 0 Å². The SMILES string of the molecule is Cc1ccc(OC2CCOCC2)c(CN)n1. The van der Waals surface area contributed by atoms with Gasteiger partial charge < -0.3 is 15.2 Å². The van der Waals surface area contributed by atoms with Crippen molar-refractivity contribution < 1.29 is 9.47 Å². The molecule has 0 saturated carbocycles. The standard InChI is InChI=1S/C12H18N2O2/c1-9-2-3-12(11(8-13)14-9)16-10-4-6-15-7-5-10/h2-3,10H,4-8,13H2,1H3. The van der Waals surface area contributed by atoms with Gasteiger partial charge in [-0.1, -0.05) is 0 Å². The number of hydrogen-bond donors (Lipinski definition) is 1. The third-order valence-electron chi connectivity index (χ3n) is 2.73. The zero-order valence-electron chi connectivity index (χ0n) is 9.61. The maximum absolute atomic E-state index is 5.91. The van der Waals surface area contributed by atoms with Crippen LogP contribution in [0.15, 0.2) is 12.1 Å². The molecule has 0 aliphatic carbocycles. The fourth-order valence-corrected chi connectivity index (χ4v) is 1.82. The summed E-state index contributed by atoms with van der Waals surface area (Å²) in [4.78, 5) is 4.38. The Labute approximate surface area is 95.8 Å². The van der Waals surface area contributed by atoms with Crippen LogP contribution in [0.4, 0.5) is 0 Å². The molecule has 88 valence electrons. The van der Waals surface area contributed by atoms with Crippen LogP contribution >= 0.6 is 0 Å². The molecule has 0 amide bonds. The lowest BCUT2D eigenvalue weighted by Gasteiger charge is -2.24. The molecule has 0 atom stereocenters. The van der Waals surface area contributed by atoms with Gasteiger partial charge in [-0.05, 0) is 19.1 Å². The molecule has 1 aliphatic rings. The largest absolute Gasteiger partial charge is 0.488 e. The molecule has 4 heteroatoms. The van der Waals surface area contributed by atoms with Gasteiger partial charge in [0, 0.05) is 25.1 Å². The van der Waals surface area contributed by atoms with Crippen molar-refractivity contribution in [3.63, 3.8) is 0 Å². The van der Waals surface area contributed by atoms with Gasteiger partial charge in [-0.15, -0.1) is 0 Å². The zero-order valence-corrected chi connectivity index (χ0v) is 9.61. The number of rotatable bonds is 3. The molecule has 2 N–H and O–H groups in total. The summed E-state index contributed by atoms with van der Waals surface area (Å²) in [5, 5.41) is 0. The monoisotopic (exact) mass is 222 g/mol. The number of aromatic nitrogens is 1. The summed E-state index contributed by atoms with van der Waals surface area (Å²) < 4.78 is 11.2. The Kier molecular flexibility index (Phi) is 3.74. The number of hydrogen-bond acceptors (Lipinski definition) is 4. The Hall–Kier alpha value is -1.13. The van der Waals surface area contributed by atoms with E-state index >= 15 is 0 Å². The van der Waals surface area contributed by atoms with E-state index in [1.54, 1.807) is 0 Å². The van der Waals surface area contributed by atoms with Crippen LogP contribution in [0.25, 0.3) is 0 Å². The van der Waals surface area contributed by atoms with E-state index in [2.05, 4.69) is 4.98 Å². The minimum Gasteiger partial charge on any atom is -0.488 e. The van der Waals surface area contributed by atoms with Crippen LogP contribution in [-0.4, -0.2) is 24.3 Å². The molecule has 2 rings (SSSR count). The average Bonchev–Trinajstić information content (AvgIpc) is 2.33. The molecule has 0 unspecified atom stereocenters. The minimum atomic E-state index is 0.239. The molecule has 16 heavy (non-hydrogen) atoms. The van der Waals surface area contributed by atoms with Gasteiger partial charge in [0.15, 0.2) is 0 Å². The van der Waals surface area contributed by atoms with Crippen molar-refractivity contribution in [2.24, 2.45) is 5.73 Å². The van der Waals surface area contributed by atoms with Gasteiger partial charge in [0.2, 0.25) is 0 Å². The number of nitrogens with two attached hydrogens (primary N) is 1. The second kappa shape index (κ2) is 5.27. The van der Waals surface area contributed by atoms with Crippen LogP contribution in [0.5, 0.6) is 5.75 Å². The zero-order chi connectivity index (χ0) is 11.4. The van der Waals surface area contributed by atoms with Crippen LogP contribution in [0.3, 0.4) is 0 Å². The molecular weight excluding hydrogens is 204 g/mol. The second-order valence-electron chi connectivity index (χ2n) is 4.03. The topological polar surface area (TPSA) is 57.4 Å². The van der Waals surface area contributed by atoms with Crippen molar-refractivity contribution in [1.29, 1.82) is 0 Å². The molecule has 2 heterocycles. The van der Waals surface area contributed by atoms with E-state index in [1.807, 2.05) is 19.1 Å². The summed E-state index contributed by atoms with van der Waals surface area (Å²) in [5.74, 6) is 0.819. The van der Waals surface area contributed by atoms with E-state index in [4.69, 9.17) is 15.2 Å². The van der Waals surface area contributed by atoms with E-state index in [1.165, 1.54) is 0 Å². The highest BCUT2D eigenvalue weighted by Gasteiger charge is 2.16. The predicted octanol–water partition coefficient (Wildman–Crippen LogP) is 1.41. The smallest absolute Gasteiger partial charge is 0.142 e. The van der Waals surface area contributed by atoms with Gasteiger partial charge in [-0.2, -0.15) is 0 Å². The first-order valence-electron chi connectivity index (χ1n) is 5.70. The van der Waals surface area contributed by atoms with Crippen molar-refractivity contribution in [2.75, 3.05) is 13.2 Å². The maximum atomic E-state index is 5.91. The highest BCUT2D eigenvalue weighted by Crippen LogP contribution is 2.21. The highest BCUT2D eigenvalue weighted by molar-refractivity contribution is 5.29. The summed E-state index contributed by atoms with van der Waals surface area (Å²) in [5.41, 5.74) is 7.47.